The number of rotatable bonds is 7. The molecule has 2 N–H and O–H groups in total. The summed E-state index contributed by atoms with van der Waals surface area (Å²) in [6.45, 7) is 3.77. The highest BCUT2D eigenvalue weighted by Gasteiger charge is 2.31. The second-order valence-electron chi connectivity index (χ2n) is 6.85. The van der Waals surface area contributed by atoms with Gasteiger partial charge in [-0.2, -0.15) is 0 Å². The molecule has 142 valence electrons. The predicted molar refractivity (Wildman–Crippen MR) is 105 cm³/mol. The van der Waals surface area contributed by atoms with Gasteiger partial charge >= 0.3 is 0 Å². The van der Waals surface area contributed by atoms with Crippen LogP contribution in [0, 0.1) is 5.41 Å². The number of aliphatic imine (C=N–C) groups is 1. The zero-order chi connectivity index (χ0) is 18.5. The Balaban J connectivity index is 1.90. The van der Waals surface area contributed by atoms with Gasteiger partial charge in [0.1, 0.15) is 4.21 Å². The molecule has 8 heteroatoms. The van der Waals surface area contributed by atoms with E-state index in [-0.39, 0.29) is 0 Å². The summed E-state index contributed by atoms with van der Waals surface area (Å²) >= 11 is 1.29. The minimum atomic E-state index is -3.35. The van der Waals surface area contributed by atoms with Crippen molar-refractivity contribution in [3.8, 4) is 0 Å². The number of nitrogens with one attached hydrogen (secondary N) is 2. The Morgan fingerprint density at radius 3 is 2.52 bits per heavy atom. The molecular weight excluding hydrogens is 356 g/mol. The lowest BCUT2D eigenvalue weighted by molar-refractivity contribution is 0.283. The average Bonchev–Trinajstić information content (AvgIpc) is 3.25. The van der Waals surface area contributed by atoms with Crippen LogP contribution in [0.1, 0.15) is 43.9 Å². The fourth-order valence-electron chi connectivity index (χ4n) is 3.21. The van der Waals surface area contributed by atoms with Crippen molar-refractivity contribution in [3.05, 3.63) is 17.0 Å². The van der Waals surface area contributed by atoms with Gasteiger partial charge in [-0.1, -0.05) is 19.8 Å². The highest BCUT2D eigenvalue weighted by molar-refractivity contribution is 7.91. The number of thiophene rings is 1. The summed E-state index contributed by atoms with van der Waals surface area (Å²) in [5, 5.41) is 6.73. The number of sulfonamides is 1. The van der Waals surface area contributed by atoms with E-state index < -0.39 is 10.0 Å². The highest BCUT2D eigenvalue weighted by Crippen LogP contribution is 2.40. The summed E-state index contributed by atoms with van der Waals surface area (Å²) in [5.41, 5.74) is 0.396. The van der Waals surface area contributed by atoms with Crippen LogP contribution in [0.25, 0.3) is 0 Å². The zero-order valence-corrected chi connectivity index (χ0v) is 17.3. The van der Waals surface area contributed by atoms with Gasteiger partial charge in [-0.25, -0.2) is 12.7 Å². The molecule has 1 heterocycles. The predicted octanol–water partition coefficient (Wildman–Crippen LogP) is 2.63. The first kappa shape index (κ1) is 20.2. The van der Waals surface area contributed by atoms with Crippen LogP contribution in [0.5, 0.6) is 0 Å². The molecule has 1 aliphatic rings. The Bertz CT molecular complexity index is 689. The van der Waals surface area contributed by atoms with Crippen LogP contribution in [-0.4, -0.2) is 46.4 Å². The Kier molecular flexibility index (Phi) is 6.87. The largest absolute Gasteiger partial charge is 0.356 e. The van der Waals surface area contributed by atoms with Crippen LogP contribution in [0.15, 0.2) is 21.3 Å². The van der Waals surface area contributed by atoms with Gasteiger partial charge < -0.3 is 10.6 Å². The third kappa shape index (κ3) is 4.95. The van der Waals surface area contributed by atoms with E-state index in [0.29, 0.717) is 16.2 Å². The lowest BCUT2D eigenvalue weighted by atomic mass is 9.83. The normalized spacial score (nSPS) is 17.9. The van der Waals surface area contributed by atoms with E-state index in [9.17, 15) is 8.42 Å². The quantitative estimate of drug-likeness (QED) is 0.558. The molecule has 0 aromatic carbocycles. The third-order valence-corrected chi connectivity index (χ3v) is 8.44. The second kappa shape index (κ2) is 8.51. The van der Waals surface area contributed by atoms with E-state index in [1.165, 1.54) is 47.7 Å². The molecule has 0 saturated heterocycles. The molecule has 1 aromatic rings. The Hall–Kier alpha value is -1.12. The number of nitrogens with zero attached hydrogens (tertiary/aromatic N) is 2. The van der Waals surface area contributed by atoms with E-state index in [0.717, 1.165) is 17.4 Å². The fourth-order valence-corrected chi connectivity index (χ4v) is 5.68. The van der Waals surface area contributed by atoms with Gasteiger partial charge in [0.25, 0.3) is 10.0 Å². The Labute approximate surface area is 155 Å². The molecule has 0 radical (unpaired) electrons. The summed E-state index contributed by atoms with van der Waals surface area (Å²) in [4.78, 5) is 5.25. The molecule has 25 heavy (non-hydrogen) atoms. The van der Waals surface area contributed by atoms with Gasteiger partial charge in [0.05, 0.1) is 6.54 Å². The molecule has 0 atom stereocenters. The number of hydrogen-bond donors (Lipinski definition) is 2. The van der Waals surface area contributed by atoms with Crippen LogP contribution >= 0.6 is 11.3 Å². The van der Waals surface area contributed by atoms with E-state index in [4.69, 9.17) is 0 Å². The van der Waals surface area contributed by atoms with Crippen LogP contribution < -0.4 is 10.6 Å². The van der Waals surface area contributed by atoms with Crippen LogP contribution in [0.2, 0.25) is 0 Å². The molecule has 0 unspecified atom stereocenters. The second-order valence-corrected chi connectivity index (χ2v) is 10.4. The summed E-state index contributed by atoms with van der Waals surface area (Å²) in [7, 11) is 1.50. The molecule has 2 rings (SSSR count). The van der Waals surface area contributed by atoms with Crippen molar-refractivity contribution in [1.29, 1.82) is 0 Å². The van der Waals surface area contributed by atoms with Crippen molar-refractivity contribution in [2.24, 2.45) is 10.4 Å². The van der Waals surface area contributed by atoms with Crippen molar-refractivity contribution in [2.75, 3.05) is 27.7 Å². The van der Waals surface area contributed by atoms with Crippen molar-refractivity contribution in [3.63, 3.8) is 0 Å². The van der Waals surface area contributed by atoms with Crippen molar-refractivity contribution < 1.29 is 8.42 Å². The molecule has 1 aromatic heterocycles. The summed E-state index contributed by atoms with van der Waals surface area (Å²) < 4.78 is 25.9. The minimum absolute atomic E-state index is 0.369. The molecule has 1 fully saturated rings. The van der Waals surface area contributed by atoms with Crippen LogP contribution in [0.3, 0.4) is 0 Å². The minimum Gasteiger partial charge on any atom is -0.356 e. The van der Waals surface area contributed by atoms with E-state index >= 15 is 0 Å². The third-order valence-electron chi connectivity index (χ3n) is 5.07. The topological polar surface area (TPSA) is 73.8 Å². The maximum Gasteiger partial charge on any atom is 0.252 e. The lowest BCUT2D eigenvalue weighted by Crippen LogP contribution is -2.42. The van der Waals surface area contributed by atoms with Crippen molar-refractivity contribution in [1.82, 2.24) is 14.9 Å². The molecular formula is C17H30N4O2S2. The average molecular weight is 387 g/mol. The first-order valence-electron chi connectivity index (χ1n) is 8.79. The zero-order valence-electron chi connectivity index (χ0n) is 15.6. The molecule has 0 spiro atoms. The summed E-state index contributed by atoms with van der Waals surface area (Å²) in [5.74, 6) is 0.769. The van der Waals surface area contributed by atoms with Gasteiger partial charge in [-0.15, -0.1) is 11.3 Å². The molecule has 0 aliphatic heterocycles. The van der Waals surface area contributed by atoms with Crippen molar-refractivity contribution in [2.45, 2.75) is 49.8 Å². The smallest absolute Gasteiger partial charge is 0.252 e. The van der Waals surface area contributed by atoms with E-state index in [1.54, 1.807) is 27.2 Å². The number of hydrogen-bond acceptors (Lipinski definition) is 4. The molecule has 6 nitrogen and oxygen atoms in total. The summed E-state index contributed by atoms with van der Waals surface area (Å²) in [6, 6.07) is 3.52. The standard InChI is InChI=1S/C17H30N4O2S2/c1-5-17(10-6-7-11-17)13-20-16(18-2)19-12-14-8-9-15(24-14)25(22,23)21(3)4/h8-9H,5-7,10-13H2,1-4H3,(H2,18,19,20). The SMILES string of the molecule is CCC1(CNC(=NC)NCc2ccc(S(=O)(=O)N(C)C)s2)CCCC1. The van der Waals surface area contributed by atoms with Crippen LogP contribution in [-0.2, 0) is 16.6 Å². The molecule has 0 bridgehead atoms. The van der Waals surface area contributed by atoms with Gasteiger partial charge in [-0.05, 0) is 36.8 Å². The molecule has 0 amide bonds. The van der Waals surface area contributed by atoms with E-state index in [1.807, 2.05) is 6.07 Å². The van der Waals surface area contributed by atoms with Crippen molar-refractivity contribution >= 4 is 27.3 Å². The molecule has 1 aliphatic carbocycles. The van der Waals surface area contributed by atoms with Crippen LogP contribution in [0.4, 0.5) is 0 Å². The Morgan fingerprint density at radius 2 is 1.96 bits per heavy atom. The van der Waals surface area contributed by atoms with Gasteiger partial charge in [0.2, 0.25) is 0 Å². The first-order chi connectivity index (χ1) is 11.8. The fraction of sp³-hybridized carbons (Fsp3) is 0.706. The lowest BCUT2D eigenvalue weighted by Gasteiger charge is -2.28. The maximum atomic E-state index is 12.1. The number of guanidine groups is 1. The summed E-state index contributed by atoms with van der Waals surface area (Å²) in [6.07, 6.45) is 6.39. The van der Waals surface area contributed by atoms with Gasteiger partial charge in [0.15, 0.2) is 5.96 Å². The van der Waals surface area contributed by atoms with Gasteiger partial charge in [0, 0.05) is 32.6 Å². The Morgan fingerprint density at radius 1 is 1.28 bits per heavy atom. The first-order valence-corrected chi connectivity index (χ1v) is 11.0. The molecule has 1 saturated carbocycles. The highest BCUT2D eigenvalue weighted by atomic mass is 32.2. The monoisotopic (exact) mass is 386 g/mol. The maximum absolute atomic E-state index is 12.1. The van der Waals surface area contributed by atoms with Gasteiger partial charge in [-0.3, -0.25) is 4.99 Å². The van der Waals surface area contributed by atoms with E-state index in [2.05, 4.69) is 22.5 Å².